The van der Waals surface area contributed by atoms with Crippen molar-refractivity contribution in [2.24, 2.45) is 5.92 Å². The van der Waals surface area contributed by atoms with Gasteiger partial charge in [0.05, 0.1) is 12.7 Å². The standard InChI is InChI=1S/C6H12O2/c1-5-2-6(3-7)4-8-5/h5-7H,2-4H2,1H3/t5?,6-/m0/s1. The zero-order valence-corrected chi connectivity index (χ0v) is 5.13. The maximum Gasteiger partial charge on any atom is 0.0551 e. The van der Waals surface area contributed by atoms with Crippen LogP contribution in [-0.2, 0) is 4.74 Å². The summed E-state index contributed by atoms with van der Waals surface area (Å²) in [5.41, 5.74) is 0. The minimum absolute atomic E-state index is 0.282. The molecule has 0 spiro atoms. The molecular weight excluding hydrogens is 104 g/mol. The predicted octanol–water partition coefficient (Wildman–Crippen LogP) is 0.404. The van der Waals surface area contributed by atoms with Crippen molar-refractivity contribution in [3.63, 3.8) is 0 Å². The summed E-state index contributed by atoms with van der Waals surface area (Å²) in [5, 5.41) is 8.60. The Morgan fingerprint density at radius 1 is 1.75 bits per heavy atom. The Labute approximate surface area is 49.5 Å². The lowest BCUT2D eigenvalue weighted by Crippen LogP contribution is -2.03. The van der Waals surface area contributed by atoms with Crippen molar-refractivity contribution in [1.82, 2.24) is 0 Å². The van der Waals surface area contributed by atoms with E-state index in [1.54, 1.807) is 0 Å². The molecule has 1 N–H and O–H groups in total. The SMILES string of the molecule is CC1C[C@@H](CO)CO1. The van der Waals surface area contributed by atoms with Gasteiger partial charge in [-0.1, -0.05) is 0 Å². The number of aliphatic hydroxyl groups is 1. The van der Waals surface area contributed by atoms with Gasteiger partial charge in [-0.15, -0.1) is 0 Å². The van der Waals surface area contributed by atoms with Gasteiger partial charge in [-0.3, -0.25) is 0 Å². The first-order valence-electron chi connectivity index (χ1n) is 3.05. The Hall–Kier alpha value is -0.0800. The van der Waals surface area contributed by atoms with Gasteiger partial charge in [-0.05, 0) is 13.3 Å². The molecular formula is C6H12O2. The van der Waals surface area contributed by atoms with E-state index >= 15 is 0 Å². The summed E-state index contributed by atoms with van der Waals surface area (Å²) in [6, 6.07) is 0. The van der Waals surface area contributed by atoms with Gasteiger partial charge in [0.1, 0.15) is 0 Å². The molecule has 8 heavy (non-hydrogen) atoms. The second kappa shape index (κ2) is 2.46. The fourth-order valence-corrected chi connectivity index (χ4v) is 1.03. The highest BCUT2D eigenvalue weighted by Crippen LogP contribution is 2.17. The molecule has 0 radical (unpaired) electrons. The molecule has 2 nitrogen and oxygen atoms in total. The number of hydrogen-bond donors (Lipinski definition) is 1. The highest BCUT2D eigenvalue weighted by atomic mass is 16.5. The van der Waals surface area contributed by atoms with E-state index in [0.717, 1.165) is 13.0 Å². The molecule has 2 atom stereocenters. The Morgan fingerprint density at radius 2 is 2.50 bits per heavy atom. The lowest BCUT2D eigenvalue weighted by molar-refractivity contribution is 0.113. The largest absolute Gasteiger partial charge is 0.396 e. The number of hydrogen-bond acceptors (Lipinski definition) is 2. The van der Waals surface area contributed by atoms with Crippen molar-refractivity contribution in [3.8, 4) is 0 Å². The molecule has 0 saturated carbocycles. The van der Waals surface area contributed by atoms with Crippen molar-refractivity contribution in [2.45, 2.75) is 19.4 Å². The van der Waals surface area contributed by atoms with Crippen LogP contribution in [0.3, 0.4) is 0 Å². The third-order valence-electron chi connectivity index (χ3n) is 1.54. The Morgan fingerprint density at radius 3 is 2.75 bits per heavy atom. The fourth-order valence-electron chi connectivity index (χ4n) is 1.03. The van der Waals surface area contributed by atoms with E-state index in [0.29, 0.717) is 12.0 Å². The van der Waals surface area contributed by atoms with Crippen LogP contribution < -0.4 is 0 Å². The number of rotatable bonds is 1. The van der Waals surface area contributed by atoms with Crippen LogP contribution in [0.25, 0.3) is 0 Å². The third-order valence-corrected chi connectivity index (χ3v) is 1.54. The minimum Gasteiger partial charge on any atom is -0.396 e. The molecule has 0 aromatic heterocycles. The van der Waals surface area contributed by atoms with E-state index in [-0.39, 0.29) is 6.61 Å². The Kier molecular flexibility index (Phi) is 1.86. The topological polar surface area (TPSA) is 29.5 Å². The average molecular weight is 116 g/mol. The maximum atomic E-state index is 8.60. The van der Waals surface area contributed by atoms with E-state index < -0.39 is 0 Å². The third kappa shape index (κ3) is 1.20. The molecule has 1 heterocycles. The van der Waals surface area contributed by atoms with Gasteiger partial charge in [-0.2, -0.15) is 0 Å². The van der Waals surface area contributed by atoms with Crippen LogP contribution in [0.1, 0.15) is 13.3 Å². The van der Waals surface area contributed by atoms with Gasteiger partial charge in [0, 0.05) is 12.5 Å². The number of ether oxygens (including phenoxy) is 1. The lowest BCUT2D eigenvalue weighted by Gasteiger charge is -1.98. The van der Waals surface area contributed by atoms with E-state index in [2.05, 4.69) is 0 Å². The van der Waals surface area contributed by atoms with Crippen LogP contribution in [0.4, 0.5) is 0 Å². The average Bonchev–Trinajstić information content (AvgIpc) is 2.14. The van der Waals surface area contributed by atoms with Crippen LogP contribution in [0.2, 0.25) is 0 Å². The molecule has 0 amide bonds. The molecule has 1 fully saturated rings. The quantitative estimate of drug-likeness (QED) is 0.537. The predicted molar refractivity (Wildman–Crippen MR) is 30.6 cm³/mol. The summed E-state index contributed by atoms with van der Waals surface area (Å²) < 4.78 is 5.20. The lowest BCUT2D eigenvalue weighted by atomic mass is 10.1. The summed E-state index contributed by atoms with van der Waals surface area (Å²) in [4.78, 5) is 0. The van der Waals surface area contributed by atoms with Crippen molar-refractivity contribution in [2.75, 3.05) is 13.2 Å². The van der Waals surface area contributed by atoms with Crippen molar-refractivity contribution in [1.29, 1.82) is 0 Å². The monoisotopic (exact) mass is 116 g/mol. The second-order valence-electron chi connectivity index (χ2n) is 2.43. The van der Waals surface area contributed by atoms with Crippen LogP contribution in [-0.4, -0.2) is 24.4 Å². The summed E-state index contributed by atoms with van der Waals surface area (Å²) in [5.74, 6) is 0.407. The molecule has 1 saturated heterocycles. The molecule has 1 rings (SSSR count). The summed E-state index contributed by atoms with van der Waals surface area (Å²) in [7, 11) is 0. The summed E-state index contributed by atoms with van der Waals surface area (Å²) in [6.45, 7) is 3.07. The fraction of sp³-hybridized carbons (Fsp3) is 1.00. The molecule has 0 aliphatic carbocycles. The molecule has 0 aromatic carbocycles. The molecule has 1 aliphatic heterocycles. The molecule has 0 bridgehead atoms. The minimum atomic E-state index is 0.282. The Bertz CT molecular complexity index is 72.9. The normalized spacial score (nSPS) is 38.2. The first-order chi connectivity index (χ1) is 3.83. The maximum absolute atomic E-state index is 8.60. The molecule has 1 aliphatic rings. The van der Waals surface area contributed by atoms with Gasteiger partial charge < -0.3 is 9.84 Å². The zero-order valence-electron chi connectivity index (χ0n) is 5.13. The van der Waals surface area contributed by atoms with Gasteiger partial charge >= 0.3 is 0 Å². The van der Waals surface area contributed by atoms with Crippen LogP contribution in [0.15, 0.2) is 0 Å². The summed E-state index contributed by atoms with van der Waals surface area (Å²) >= 11 is 0. The van der Waals surface area contributed by atoms with Gasteiger partial charge in [-0.25, -0.2) is 0 Å². The van der Waals surface area contributed by atoms with E-state index in [9.17, 15) is 0 Å². The second-order valence-corrected chi connectivity index (χ2v) is 2.43. The van der Waals surface area contributed by atoms with Crippen LogP contribution in [0.5, 0.6) is 0 Å². The molecule has 48 valence electrons. The highest BCUT2D eigenvalue weighted by Gasteiger charge is 2.20. The first-order valence-corrected chi connectivity index (χ1v) is 3.05. The number of aliphatic hydroxyl groups excluding tert-OH is 1. The first kappa shape index (κ1) is 6.05. The van der Waals surface area contributed by atoms with Gasteiger partial charge in [0.25, 0.3) is 0 Å². The van der Waals surface area contributed by atoms with Crippen molar-refractivity contribution < 1.29 is 9.84 Å². The van der Waals surface area contributed by atoms with E-state index in [1.807, 2.05) is 6.92 Å². The Balaban J connectivity index is 2.22. The zero-order chi connectivity index (χ0) is 5.98. The molecule has 2 heteroatoms. The van der Waals surface area contributed by atoms with Crippen LogP contribution >= 0.6 is 0 Å². The smallest absolute Gasteiger partial charge is 0.0551 e. The van der Waals surface area contributed by atoms with Gasteiger partial charge in [0.15, 0.2) is 0 Å². The summed E-state index contributed by atoms with van der Waals surface area (Å²) in [6.07, 6.45) is 1.39. The molecule has 0 aromatic rings. The van der Waals surface area contributed by atoms with Crippen molar-refractivity contribution in [3.05, 3.63) is 0 Å². The van der Waals surface area contributed by atoms with Crippen LogP contribution in [0, 0.1) is 5.92 Å². The van der Waals surface area contributed by atoms with Crippen molar-refractivity contribution >= 4 is 0 Å². The van der Waals surface area contributed by atoms with E-state index in [4.69, 9.17) is 9.84 Å². The molecule has 1 unspecified atom stereocenters. The van der Waals surface area contributed by atoms with E-state index in [1.165, 1.54) is 0 Å². The highest BCUT2D eigenvalue weighted by molar-refractivity contribution is 4.68. The van der Waals surface area contributed by atoms with Gasteiger partial charge in [0.2, 0.25) is 0 Å².